The van der Waals surface area contributed by atoms with Gasteiger partial charge in [0, 0.05) is 28.3 Å². The van der Waals surface area contributed by atoms with Crippen LogP contribution in [0.3, 0.4) is 0 Å². The molecular weight excluding hydrogens is 336 g/mol. The van der Waals surface area contributed by atoms with Crippen molar-refractivity contribution in [1.82, 2.24) is 4.57 Å². The highest BCUT2D eigenvalue weighted by Gasteiger charge is 2.23. The number of rotatable bonds is 4. The fourth-order valence-electron chi connectivity index (χ4n) is 3.29. The third-order valence-electron chi connectivity index (χ3n) is 5.01. The van der Waals surface area contributed by atoms with Gasteiger partial charge >= 0.3 is 0 Å². The van der Waals surface area contributed by atoms with Crippen molar-refractivity contribution in [3.8, 4) is 5.69 Å². The lowest BCUT2D eigenvalue weighted by Gasteiger charge is -2.14. The maximum absolute atomic E-state index is 12.8. The summed E-state index contributed by atoms with van der Waals surface area (Å²) in [7, 11) is 0. The average molecular weight is 360 g/mol. The largest absolute Gasteiger partial charge is 0.319 e. The van der Waals surface area contributed by atoms with Gasteiger partial charge in [-0.25, -0.2) is 0 Å². The molecule has 0 saturated heterocycles. The third kappa shape index (κ3) is 3.56. The van der Waals surface area contributed by atoms with Gasteiger partial charge in [0.1, 0.15) is 0 Å². The highest BCUT2D eigenvalue weighted by molar-refractivity contribution is 6.46. The molecule has 4 nitrogen and oxygen atoms in total. The molecule has 4 heteroatoms. The Morgan fingerprint density at radius 1 is 0.889 bits per heavy atom. The van der Waals surface area contributed by atoms with E-state index in [0.29, 0.717) is 11.3 Å². The van der Waals surface area contributed by atoms with E-state index in [2.05, 4.69) is 25.2 Å². The molecule has 0 saturated carbocycles. The van der Waals surface area contributed by atoms with E-state index in [-0.39, 0.29) is 0 Å². The van der Waals surface area contributed by atoms with Gasteiger partial charge in [0.05, 0.1) is 0 Å². The van der Waals surface area contributed by atoms with Crippen molar-refractivity contribution < 1.29 is 9.59 Å². The van der Waals surface area contributed by atoms with E-state index in [9.17, 15) is 9.59 Å². The van der Waals surface area contributed by atoms with Crippen LogP contribution in [0.1, 0.15) is 38.4 Å². The maximum atomic E-state index is 12.8. The fourth-order valence-corrected chi connectivity index (χ4v) is 3.29. The SMILES string of the molecule is Cc1ccc(NC(=O)C(=O)c2cc(C)n(-c3cccc(C)c3C)c2C)cc1. The zero-order chi connectivity index (χ0) is 19.7. The summed E-state index contributed by atoms with van der Waals surface area (Å²) < 4.78 is 2.04. The molecule has 1 heterocycles. The Morgan fingerprint density at radius 3 is 2.22 bits per heavy atom. The molecule has 2 aromatic carbocycles. The normalized spacial score (nSPS) is 10.7. The van der Waals surface area contributed by atoms with Crippen molar-refractivity contribution in [2.75, 3.05) is 5.32 Å². The van der Waals surface area contributed by atoms with Gasteiger partial charge in [-0.1, -0.05) is 29.8 Å². The van der Waals surface area contributed by atoms with Gasteiger partial charge < -0.3 is 9.88 Å². The summed E-state index contributed by atoms with van der Waals surface area (Å²) in [5, 5.41) is 2.69. The zero-order valence-corrected chi connectivity index (χ0v) is 16.4. The van der Waals surface area contributed by atoms with Crippen molar-refractivity contribution >= 4 is 17.4 Å². The summed E-state index contributed by atoms with van der Waals surface area (Å²) in [6.45, 7) is 9.92. The van der Waals surface area contributed by atoms with E-state index in [4.69, 9.17) is 0 Å². The molecular formula is C23H24N2O2. The van der Waals surface area contributed by atoms with Crippen LogP contribution in [0.25, 0.3) is 5.69 Å². The summed E-state index contributed by atoms with van der Waals surface area (Å²) in [6, 6.07) is 15.3. The Labute approximate surface area is 159 Å². The van der Waals surface area contributed by atoms with Crippen molar-refractivity contribution in [3.05, 3.63) is 82.2 Å². The molecule has 0 fully saturated rings. The highest BCUT2D eigenvalue weighted by Crippen LogP contribution is 2.25. The molecule has 0 aliphatic heterocycles. The molecule has 0 aliphatic rings. The van der Waals surface area contributed by atoms with Crippen LogP contribution in [-0.2, 0) is 4.79 Å². The van der Waals surface area contributed by atoms with Crippen LogP contribution < -0.4 is 5.32 Å². The van der Waals surface area contributed by atoms with Crippen LogP contribution in [0, 0.1) is 34.6 Å². The zero-order valence-electron chi connectivity index (χ0n) is 16.4. The van der Waals surface area contributed by atoms with Gasteiger partial charge in [-0.2, -0.15) is 0 Å². The molecule has 0 radical (unpaired) electrons. The minimum Gasteiger partial charge on any atom is -0.319 e. The number of nitrogens with one attached hydrogen (secondary N) is 1. The van der Waals surface area contributed by atoms with Gasteiger partial charge in [0.2, 0.25) is 0 Å². The minimum atomic E-state index is -0.625. The molecule has 138 valence electrons. The van der Waals surface area contributed by atoms with Crippen molar-refractivity contribution in [2.24, 2.45) is 0 Å². The Hall–Kier alpha value is -3.14. The fraction of sp³-hybridized carbons (Fsp3) is 0.217. The number of aromatic nitrogens is 1. The number of amides is 1. The first-order chi connectivity index (χ1) is 12.8. The number of aryl methyl sites for hydroxylation is 3. The van der Waals surface area contributed by atoms with Crippen molar-refractivity contribution in [1.29, 1.82) is 0 Å². The number of Topliss-reactive ketones (excluding diaryl/α,β-unsaturated/α-hetero) is 1. The number of hydrogen-bond donors (Lipinski definition) is 1. The van der Waals surface area contributed by atoms with Crippen LogP contribution >= 0.6 is 0 Å². The standard InChI is InChI=1S/C23H24N2O2/c1-14-9-11-19(12-10-14)24-23(27)22(26)20-13-16(3)25(18(20)5)21-8-6-7-15(2)17(21)4/h6-13H,1-5H3,(H,24,27). The van der Waals surface area contributed by atoms with Crippen LogP contribution in [0.4, 0.5) is 5.69 Å². The molecule has 1 amide bonds. The van der Waals surface area contributed by atoms with Crippen molar-refractivity contribution in [3.63, 3.8) is 0 Å². The topological polar surface area (TPSA) is 51.1 Å². The number of carbonyl (C=O) groups excluding carboxylic acids is 2. The molecule has 1 aromatic heterocycles. The molecule has 1 N–H and O–H groups in total. The average Bonchev–Trinajstić information content (AvgIpc) is 2.93. The Kier molecular flexibility index (Phi) is 5.00. The minimum absolute atomic E-state index is 0.429. The lowest BCUT2D eigenvalue weighted by molar-refractivity contribution is -0.112. The second-order valence-electron chi connectivity index (χ2n) is 6.99. The summed E-state index contributed by atoms with van der Waals surface area (Å²) >= 11 is 0. The van der Waals surface area contributed by atoms with E-state index in [1.54, 1.807) is 18.2 Å². The lowest BCUT2D eigenvalue weighted by Crippen LogP contribution is -2.23. The molecule has 0 spiro atoms. The van der Waals surface area contributed by atoms with Crippen LogP contribution in [0.2, 0.25) is 0 Å². The monoisotopic (exact) mass is 360 g/mol. The number of benzene rings is 2. The second-order valence-corrected chi connectivity index (χ2v) is 6.99. The first kappa shape index (κ1) is 18.6. The van der Waals surface area contributed by atoms with Gasteiger partial charge in [0.15, 0.2) is 0 Å². The molecule has 0 atom stereocenters. The number of ketones is 1. The molecule has 0 aliphatic carbocycles. The van der Waals surface area contributed by atoms with Gasteiger partial charge in [-0.15, -0.1) is 0 Å². The predicted octanol–water partition coefficient (Wildman–Crippen LogP) is 4.84. The highest BCUT2D eigenvalue weighted by atomic mass is 16.2. The maximum Gasteiger partial charge on any atom is 0.296 e. The molecule has 3 rings (SSSR count). The predicted molar refractivity (Wildman–Crippen MR) is 109 cm³/mol. The summed E-state index contributed by atoms with van der Waals surface area (Å²) in [6.07, 6.45) is 0. The molecule has 0 unspecified atom stereocenters. The second kappa shape index (κ2) is 7.23. The van der Waals surface area contributed by atoms with Gasteiger partial charge in [0.25, 0.3) is 11.7 Å². The van der Waals surface area contributed by atoms with Crippen LogP contribution in [0.5, 0.6) is 0 Å². The van der Waals surface area contributed by atoms with E-state index < -0.39 is 11.7 Å². The van der Waals surface area contributed by atoms with Crippen molar-refractivity contribution in [2.45, 2.75) is 34.6 Å². The smallest absolute Gasteiger partial charge is 0.296 e. The van der Waals surface area contributed by atoms with Crippen LogP contribution in [0.15, 0.2) is 48.5 Å². The summed E-state index contributed by atoms with van der Waals surface area (Å²) in [4.78, 5) is 25.2. The van der Waals surface area contributed by atoms with E-state index in [1.807, 2.05) is 49.6 Å². The summed E-state index contributed by atoms with van der Waals surface area (Å²) in [5.41, 5.74) is 7.20. The Morgan fingerprint density at radius 2 is 1.56 bits per heavy atom. The molecule has 27 heavy (non-hydrogen) atoms. The van der Waals surface area contributed by atoms with Gasteiger partial charge in [-0.3, -0.25) is 9.59 Å². The number of carbonyl (C=O) groups is 2. The lowest BCUT2D eigenvalue weighted by atomic mass is 10.1. The number of hydrogen-bond acceptors (Lipinski definition) is 2. The first-order valence-corrected chi connectivity index (χ1v) is 8.97. The number of nitrogens with zero attached hydrogens (tertiary/aromatic N) is 1. The van der Waals surface area contributed by atoms with Gasteiger partial charge in [-0.05, 0) is 70.0 Å². The Bertz CT molecular complexity index is 1030. The van der Waals surface area contributed by atoms with E-state index in [0.717, 1.165) is 28.2 Å². The van der Waals surface area contributed by atoms with E-state index in [1.165, 1.54) is 5.56 Å². The molecule has 3 aromatic rings. The third-order valence-corrected chi connectivity index (χ3v) is 5.01. The summed E-state index contributed by atoms with van der Waals surface area (Å²) in [5.74, 6) is -1.15. The number of anilines is 1. The quantitative estimate of drug-likeness (QED) is 0.534. The molecule has 0 bridgehead atoms. The van der Waals surface area contributed by atoms with E-state index >= 15 is 0 Å². The first-order valence-electron chi connectivity index (χ1n) is 8.97. The van der Waals surface area contributed by atoms with Crippen LogP contribution in [-0.4, -0.2) is 16.3 Å². The Balaban J connectivity index is 1.93.